The van der Waals surface area contributed by atoms with Gasteiger partial charge in [-0.2, -0.15) is 0 Å². The fraction of sp³-hybridized carbons (Fsp3) is 0. The van der Waals surface area contributed by atoms with Crippen molar-refractivity contribution in [3.63, 3.8) is 0 Å². The predicted octanol–water partition coefficient (Wildman–Crippen LogP) is 9.64. The van der Waals surface area contributed by atoms with Crippen LogP contribution in [0, 0.1) is 0 Å². The number of benzene rings is 9. The van der Waals surface area contributed by atoms with Crippen molar-refractivity contribution in [2.24, 2.45) is 0 Å². The van der Waals surface area contributed by atoms with E-state index in [1.807, 2.05) is 0 Å². The van der Waals surface area contributed by atoms with E-state index in [2.05, 4.69) is 161 Å². The van der Waals surface area contributed by atoms with Gasteiger partial charge in [-0.1, -0.05) is 109 Å². The molecule has 2 aromatic heterocycles. The van der Waals surface area contributed by atoms with Crippen LogP contribution in [-0.4, -0.2) is 15.8 Å². The van der Waals surface area contributed by atoms with Gasteiger partial charge in [0.2, 0.25) is 0 Å². The lowest BCUT2D eigenvalue weighted by molar-refractivity contribution is 1.15. The molecule has 0 aliphatic carbocycles. The highest BCUT2D eigenvalue weighted by Crippen LogP contribution is 2.43. The van der Waals surface area contributed by atoms with Crippen LogP contribution in [0.15, 0.2) is 152 Å². The van der Waals surface area contributed by atoms with Gasteiger partial charge < -0.3 is 9.13 Å². The largest absolute Gasteiger partial charge is 0.310 e. The summed E-state index contributed by atoms with van der Waals surface area (Å²) in [4.78, 5) is 0. The van der Waals surface area contributed by atoms with E-state index in [1.54, 1.807) is 0 Å². The molecule has 0 amide bonds. The van der Waals surface area contributed by atoms with Crippen molar-refractivity contribution in [3.8, 4) is 11.4 Å². The zero-order valence-electron chi connectivity index (χ0n) is 26.4. The van der Waals surface area contributed by atoms with Gasteiger partial charge in [0.05, 0.1) is 16.6 Å². The Morgan fingerprint density at radius 2 is 0.857 bits per heavy atom. The molecule has 0 bridgehead atoms. The van der Waals surface area contributed by atoms with E-state index in [9.17, 15) is 0 Å². The lowest BCUT2D eigenvalue weighted by Gasteiger charge is -2.34. The summed E-state index contributed by atoms with van der Waals surface area (Å²) in [6, 6.07) is 57.3. The molecule has 0 saturated carbocycles. The van der Waals surface area contributed by atoms with Gasteiger partial charge in [-0.3, -0.25) is 0 Å². The van der Waals surface area contributed by atoms with Gasteiger partial charge in [0.25, 0.3) is 6.71 Å². The molecule has 3 heteroatoms. The highest BCUT2D eigenvalue weighted by Gasteiger charge is 2.42. The first-order chi connectivity index (χ1) is 24.3. The van der Waals surface area contributed by atoms with Gasteiger partial charge in [-0.15, -0.1) is 0 Å². The molecule has 13 rings (SSSR count). The highest BCUT2D eigenvalue weighted by atomic mass is 15.0. The topological polar surface area (TPSA) is 9.86 Å². The number of hydrogen-bond acceptors (Lipinski definition) is 0. The SMILES string of the molecule is c1cc2c3c(c1)-n1c4cc5ccccc5cc4c4c5ccccc5cc(c41)B3c1c3ccccc3cc3c4cc5ccccc5cc4n-2c13. The van der Waals surface area contributed by atoms with Crippen LogP contribution < -0.4 is 16.4 Å². The summed E-state index contributed by atoms with van der Waals surface area (Å²) in [6.07, 6.45) is 0. The molecule has 2 nitrogen and oxygen atoms in total. The highest BCUT2D eigenvalue weighted by molar-refractivity contribution is 7.01. The normalized spacial score (nSPS) is 13.3. The number of aromatic nitrogens is 2. The van der Waals surface area contributed by atoms with Crippen LogP contribution >= 0.6 is 0 Å². The Bertz CT molecular complexity index is 3340. The minimum atomic E-state index is 0.0874. The minimum Gasteiger partial charge on any atom is -0.310 e. The fourth-order valence-electron chi connectivity index (χ4n) is 9.86. The van der Waals surface area contributed by atoms with E-state index < -0.39 is 0 Å². The van der Waals surface area contributed by atoms with E-state index in [1.165, 1.54) is 114 Å². The van der Waals surface area contributed by atoms with Crippen molar-refractivity contribution in [3.05, 3.63) is 152 Å². The average Bonchev–Trinajstić information content (AvgIpc) is 3.65. The lowest BCUT2D eigenvalue weighted by atomic mass is 9.33. The molecule has 2 aliphatic rings. The minimum absolute atomic E-state index is 0.0874. The Morgan fingerprint density at radius 1 is 0.347 bits per heavy atom. The average molecular weight is 617 g/mol. The first-order valence-electron chi connectivity index (χ1n) is 17.2. The quantitative estimate of drug-likeness (QED) is 0.150. The molecule has 9 aromatic carbocycles. The molecule has 0 fully saturated rings. The predicted molar refractivity (Wildman–Crippen MR) is 210 cm³/mol. The summed E-state index contributed by atoms with van der Waals surface area (Å²) in [5.41, 5.74) is 12.0. The third kappa shape index (κ3) is 2.85. The molecule has 0 spiro atoms. The third-order valence-corrected chi connectivity index (χ3v) is 11.8. The molecule has 222 valence electrons. The van der Waals surface area contributed by atoms with E-state index in [0.717, 1.165) is 0 Å². The monoisotopic (exact) mass is 616 g/mol. The molecule has 0 unspecified atom stereocenters. The summed E-state index contributed by atoms with van der Waals surface area (Å²) >= 11 is 0. The Balaban J connectivity index is 1.32. The fourth-order valence-corrected chi connectivity index (χ4v) is 9.86. The Labute approximate surface area is 281 Å². The second kappa shape index (κ2) is 8.39. The molecule has 0 radical (unpaired) electrons. The standard InChI is InChI=1S/C46H25BN2/c1-3-12-28-24-40-34(20-26(28)10-1)35-22-30-14-6-8-17-33(30)43-45(35)48(40)38-18-9-19-39-44(38)47(43)37-23-31-15-5-7-16-32(31)42-36-21-27-11-2-4-13-29(27)25-41(36)49(39)46(37)42/h1-25H. The van der Waals surface area contributed by atoms with Gasteiger partial charge >= 0.3 is 0 Å². The summed E-state index contributed by atoms with van der Waals surface area (Å²) in [5, 5.41) is 15.7. The van der Waals surface area contributed by atoms with Crippen LogP contribution in [0.4, 0.5) is 0 Å². The van der Waals surface area contributed by atoms with Gasteiger partial charge in [0.1, 0.15) is 0 Å². The molecule has 11 aromatic rings. The number of fused-ring (bicyclic) bond motifs is 16. The first-order valence-corrected chi connectivity index (χ1v) is 17.2. The van der Waals surface area contributed by atoms with Gasteiger partial charge in [-0.05, 0) is 102 Å². The van der Waals surface area contributed by atoms with Crippen LogP contribution in [-0.2, 0) is 0 Å². The van der Waals surface area contributed by atoms with Crippen molar-refractivity contribution in [1.82, 2.24) is 9.13 Å². The number of rotatable bonds is 0. The van der Waals surface area contributed by atoms with Gasteiger partial charge in [0.15, 0.2) is 0 Å². The second-order valence-electron chi connectivity index (χ2n) is 14.1. The second-order valence-corrected chi connectivity index (χ2v) is 14.1. The van der Waals surface area contributed by atoms with Crippen LogP contribution in [0.25, 0.3) is 98.1 Å². The van der Waals surface area contributed by atoms with E-state index in [0.29, 0.717) is 0 Å². The molecule has 0 N–H and O–H groups in total. The van der Waals surface area contributed by atoms with Crippen LogP contribution in [0.1, 0.15) is 0 Å². The first kappa shape index (κ1) is 24.8. The summed E-state index contributed by atoms with van der Waals surface area (Å²) in [5.74, 6) is 0. The van der Waals surface area contributed by atoms with Crippen LogP contribution in [0.3, 0.4) is 0 Å². The lowest BCUT2D eigenvalue weighted by Crippen LogP contribution is -2.59. The van der Waals surface area contributed by atoms with Crippen molar-refractivity contribution < 1.29 is 0 Å². The molecule has 0 atom stereocenters. The molecule has 49 heavy (non-hydrogen) atoms. The molecule has 4 heterocycles. The van der Waals surface area contributed by atoms with Crippen molar-refractivity contribution in [2.45, 2.75) is 0 Å². The number of nitrogens with zero attached hydrogens (tertiary/aromatic N) is 2. The van der Waals surface area contributed by atoms with Gasteiger partial charge in [0, 0.05) is 38.4 Å². The molecular formula is C46H25BN2. The maximum absolute atomic E-state index is 2.60. The smallest absolute Gasteiger partial charge is 0.253 e. The maximum Gasteiger partial charge on any atom is 0.253 e. The summed E-state index contributed by atoms with van der Waals surface area (Å²) < 4.78 is 5.20. The summed E-state index contributed by atoms with van der Waals surface area (Å²) in [7, 11) is 0. The Morgan fingerprint density at radius 3 is 1.55 bits per heavy atom. The third-order valence-electron chi connectivity index (χ3n) is 11.8. The Kier molecular flexibility index (Phi) is 4.25. The van der Waals surface area contributed by atoms with E-state index in [-0.39, 0.29) is 6.71 Å². The molecule has 0 saturated heterocycles. The molecule has 2 aliphatic heterocycles. The number of hydrogen-bond donors (Lipinski definition) is 0. The van der Waals surface area contributed by atoms with Crippen LogP contribution in [0.5, 0.6) is 0 Å². The van der Waals surface area contributed by atoms with Crippen molar-refractivity contribution >= 4 is 110 Å². The zero-order valence-corrected chi connectivity index (χ0v) is 26.4. The van der Waals surface area contributed by atoms with Crippen molar-refractivity contribution in [1.29, 1.82) is 0 Å². The summed E-state index contributed by atoms with van der Waals surface area (Å²) in [6.45, 7) is 0.0874. The van der Waals surface area contributed by atoms with Crippen LogP contribution in [0.2, 0.25) is 0 Å². The van der Waals surface area contributed by atoms with E-state index >= 15 is 0 Å². The van der Waals surface area contributed by atoms with E-state index in [4.69, 9.17) is 0 Å². The molecular weight excluding hydrogens is 591 g/mol. The maximum atomic E-state index is 2.60. The van der Waals surface area contributed by atoms with Gasteiger partial charge in [-0.25, -0.2) is 0 Å². The van der Waals surface area contributed by atoms with Crippen molar-refractivity contribution in [2.75, 3.05) is 0 Å². The Hall–Kier alpha value is -6.32. The zero-order chi connectivity index (χ0) is 31.5.